The Morgan fingerprint density at radius 1 is 1.41 bits per heavy atom. The summed E-state index contributed by atoms with van der Waals surface area (Å²) in [4.78, 5) is 7.15. The summed E-state index contributed by atoms with van der Waals surface area (Å²) in [6, 6.07) is 3.64. The van der Waals surface area contributed by atoms with Crippen LogP contribution >= 0.6 is 0 Å². The highest BCUT2D eigenvalue weighted by molar-refractivity contribution is 6.08. The number of pyridine rings is 1. The lowest BCUT2D eigenvalue weighted by atomic mass is 10.0. The molecule has 1 heterocycles. The van der Waals surface area contributed by atoms with Crippen LogP contribution in [0.3, 0.4) is 0 Å². The van der Waals surface area contributed by atoms with Gasteiger partial charge in [0.15, 0.2) is 0 Å². The van der Waals surface area contributed by atoms with Crippen molar-refractivity contribution >= 4 is 11.8 Å². The van der Waals surface area contributed by atoms with Crippen LogP contribution in [0.25, 0.3) is 5.57 Å². The lowest BCUT2D eigenvalue weighted by molar-refractivity contribution is 0.161. The molecule has 5 heteroatoms. The molecule has 3 nitrogen and oxygen atoms in total. The molecule has 17 heavy (non-hydrogen) atoms. The zero-order valence-electron chi connectivity index (χ0n) is 9.77. The van der Waals surface area contributed by atoms with E-state index in [0.29, 0.717) is 17.2 Å². The molecule has 0 atom stereocenters. The maximum Gasteiger partial charge on any atom is 0.331 e. The number of hydrogen-bond acceptors (Lipinski definition) is 3. The third-order valence-corrected chi connectivity index (χ3v) is 2.25. The van der Waals surface area contributed by atoms with Crippen molar-refractivity contribution in [2.24, 2.45) is 10.7 Å². The van der Waals surface area contributed by atoms with E-state index in [-0.39, 0.29) is 0 Å². The fraction of sp³-hybridized carbons (Fsp3) is 0.333. The Morgan fingerprint density at radius 2 is 2.12 bits per heavy atom. The number of alkyl halides is 2. The minimum absolute atomic E-state index is 0.372. The normalized spacial score (nSPS) is 12.9. The molecular formula is C12H15F2N3. The Labute approximate surface area is 99.1 Å². The maximum absolute atomic E-state index is 11.9. The number of nitrogens with two attached hydrogens (primary N) is 1. The van der Waals surface area contributed by atoms with E-state index in [1.165, 1.54) is 6.20 Å². The van der Waals surface area contributed by atoms with Crippen LogP contribution in [0.5, 0.6) is 0 Å². The molecule has 0 saturated carbocycles. The maximum atomic E-state index is 11.9. The van der Waals surface area contributed by atoms with Crippen LogP contribution in [0.4, 0.5) is 8.78 Å². The lowest BCUT2D eigenvalue weighted by Gasteiger charge is -2.06. The van der Waals surface area contributed by atoms with Gasteiger partial charge in [0, 0.05) is 24.2 Å². The van der Waals surface area contributed by atoms with Crippen LogP contribution in [0.1, 0.15) is 31.0 Å². The van der Waals surface area contributed by atoms with Gasteiger partial charge in [-0.2, -0.15) is 8.78 Å². The molecule has 1 rings (SSSR count). The van der Waals surface area contributed by atoms with E-state index >= 15 is 0 Å². The smallest absolute Gasteiger partial charge is 0.331 e. The van der Waals surface area contributed by atoms with Gasteiger partial charge in [-0.1, -0.05) is 19.9 Å². The molecule has 92 valence electrons. The molecule has 0 saturated heterocycles. The molecule has 0 aromatic carbocycles. The van der Waals surface area contributed by atoms with Gasteiger partial charge < -0.3 is 5.73 Å². The number of aliphatic imine (C=N–C) groups is 1. The van der Waals surface area contributed by atoms with Crippen LogP contribution < -0.4 is 5.73 Å². The summed E-state index contributed by atoms with van der Waals surface area (Å²) >= 11 is 0. The average Bonchev–Trinajstić information content (AvgIpc) is 2.30. The van der Waals surface area contributed by atoms with Crippen molar-refractivity contribution in [3.05, 3.63) is 35.8 Å². The van der Waals surface area contributed by atoms with E-state index in [9.17, 15) is 8.78 Å². The van der Waals surface area contributed by atoms with Gasteiger partial charge in [0.1, 0.15) is 0 Å². The summed E-state index contributed by atoms with van der Waals surface area (Å²) in [5.74, 6) is 0.372. The molecule has 0 aliphatic rings. The summed E-state index contributed by atoms with van der Waals surface area (Å²) in [5.41, 5.74) is 7.33. The number of aromatic nitrogens is 1. The van der Waals surface area contributed by atoms with E-state index in [1.54, 1.807) is 12.3 Å². The fourth-order valence-corrected chi connectivity index (χ4v) is 1.25. The highest BCUT2D eigenvalue weighted by Gasteiger charge is 2.04. The van der Waals surface area contributed by atoms with Crippen LogP contribution in [0.2, 0.25) is 0 Å². The Hall–Kier alpha value is -1.78. The van der Waals surface area contributed by atoms with Crippen molar-refractivity contribution in [1.82, 2.24) is 4.98 Å². The number of rotatable bonds is 4. The topological polar surface area (TPSA) is 51.3 Å². The summed E-state index contributed by atoms with van der Waals surface area (Å²) in [6.45, 7) is 1.36. The first-order chi connectivity index (χ1) is 8.04. The van der Waals surface area contributed by atoms with Gasteiger partial charge in [0.2, 0.25) is 0 Å². The second kappa shape index (κ2) is 6.08. The Morgan fingerprint density at radius 3 is 2.53 bits per heavy atom. The summed E-state index contributed by atoms with van der Waals surface area (Å²) in [7, 11) is 0. The molecule has 1 aromatic rings. The first kappa shape index (κ1) is 13.3. The quantitative estimate of drug-likeness (QED) is 0.648. The van der Waals surface area contributed by atoms with Gasteiger partial charge in [-0.25, -0.2) is 4.99 Å². The van der Waals surface area contributed by atoms with E-state index < -0.39 is 6.55 Å². The van der Waals surface area contributed by atoms with Gasteiger partial charge in [-0.15, -0.1) is 0 Å². The molecule has 0 amide bonds. The Bertz CT molecular complexity index is 408. The molecule has 0 aliphatic carbocycles. The molecule has 0 bridgehead atoms. The highest BCUT2D eigenvalue weighted by Crippen LogP contribution is 2.15. The van der Waals surface area contributed by atoms with Crippen LogP contribution in [-0.4, -0.2) is 17.7 Å². The Balaban J connectivity index is 2.91. The third kappa shape index (κ3) is 3.94. The van der Waals surface area contributed by atoms with E-state index in [2.05, 4.69) is 23.8 Å². The summed E-state index contributed by atoms with van der Waals surface area (Å²) in [6.07, 6.45) is 3.95. The zero-order chi connectivity index (χ0) is 12.8. The van der Waals surface area contributed by atoms with Crippen molar-refractivity contribution in [3.63, 3.8) is 0 Å². The van der Waals surface area contributed by atoms with Crippen LogP contribution in [0, 0.1) is 0 Å². The third-order valence-electron chi connectivity index (χ3n) is 2.25. The van der Waals surface area contributed by atoms with E-state index in [1.807, 2.05) is 6.07 Å². The molecule has 0 aliphatic heterocycles. The predicted molar refractivity (Wildman–Crippen MR) is 65.0 cm³/mol. The minimum atomic E-state index is -2.74. The number of hydrogen-bond donors (Lipinski definition) is 1. The monoisotopic (exact) mass is 239 g/mol. The van der Waals surface area contributed by atoms with Gasteiger partial charge >= 0.3 is 6.55 Å². The van der Waals surface area contributed by atoms with Crippen LogP contribution in [0.15, 0.2) is 29.5 Å². The van der Waals surface area contributed by atoms with Crippen molar-refractivity contribution in [1.29, 1.82) is 0 Å². The molecule has 1 aromatic heterocycles. The van der Waals surface area contributed by atoms with Crippen molar-refractivity contribution in [2.45, 2.75) is 26.3 Å². The number of halogens is 2. The van der Waals surface area contributed by atoms with E-state index in [4.69, 9.17) is 5.73 Å². The largest absolute Gasteiger partial charge is 0.404 e. The predicted octanol–water partition coefficient (Wildman–Crippen LogP) is 2.80. The summed E-state index contributed by atoms with van der Waals surface area (Å²) in [5, 5.41) is 0. The first-order valence-electron chi connectivity index (χ1n) is 5.24. The second-order valence-electron chi connectivity index (χ2n) is 3.81. The van der Waals surface area contributed by atoms with Crippen molar-refractivity contribution in [3.8, 4) is 0 Å². The van der Waals surface area contributed by atoms with Crippen molar-refractivity contribution in [2.75, 3.05) is 0 Å². The molecular weight excluding hydrogens is 224 g/mol. The van der Waals surface area contributed by atoms with Crippen LogP contribution in [-0.2, 0) is 0 Å². The fourth-order valence-electron chi connectivity index (χ4n) is 1.25. The minimum Gasteiger partial charge on any atom is -0.404 e. The molecule has 0 spiro atoms. The molecule has 0 unspecified atom stereocenters. The molecule has 2 N–H and O–H groups in total. The molecule has 0 radical (unpaired) electrons. The van der Waals surface area contributed by atoms with E-state index in [0.717, 1.165) is 11.8 Å². The van der Waals surface area contributed by atoms with Crippen molar-refractivity contribution < 1.29 is 8.78 Å². The number of allylic oxidation sites excluding steroid dienone is 1. The lowest BCUT2D eigenvalue weighted by Crippen LogP contribution is -1.97. The van der Waals surface area contributed by atoms with Gasteiger partial charge in [-0.3, -0.25) is 4.98 Å². The second-order valence-corrected chi connectivity index (χ2v) is 3.81. The molecule has 0 fully saturated rings. The average molecular weight is 239 g/mol. The van der Waals surface area contributed by atoms with Gasteiger partial charge in [0.25, 0.3) is 0 Å². The zero-order valence-corrected chi connectivity index (χ0v) is 9.77. The Kier molecular flexibility index (Phi) is 4.75. The standard InChI is InChI=1S/C12H15F2N3/c1-8(2)9-3-4-11(16-6-9)10(5-15)7-17-12(13)14/h3-8,12H,15H2,1-2H3/b10-5+,17-7+. The van der Waals surface area contributed by atoms with Gasteiger partial charge in [0.05, 0.1) is 5.69 Å². The summed E-state index contributed by atoms with van der Waals surface area (Å²) < 4.78 is 23.9. The number of nitrogens with zero attached hydrogens (tertiary/aromatic N) is 2. The SMILES string of the molecule is CC(C)c1ccc(C(=C/N)/C=N/C(F)F)nc1. The van der Waals surface area contributed by atoms with Gasteiger partial charge in [-0.05, 0) is 17.5 Å². The first-order valence-corrected chi connectivity index (χ1v) is 5.24. The highest BCUT2D eigenvalue weighted by atomic mass is 19.3.